The smallest absolute Gasteiger partial charge is 0.302 e. The standard InChI is InChI=1S/C27H34ClNO5/c1-16(30)33-24-11-10-20-19-8-9-22-25(28)23(34-18-6-4-17(5-7-18)29(31)32)13-15-26(22,2)21(19)12-14-27(20,24)3/h4-7,19-21,23-24H,8-15H2,1-3H3/t19-,20-,21-,23?,24?,26+,27-/m0/s1. The maximum absolute atomic E-state index is 11.7. The molecule has 7 atom stereocenters. The molecular formula is C27H34ClNO5. The molecule has 2 unspecified atom stereocenters. The molecule has 0 bridgehead atoms. The molecule has 4 aliphatic rings. The summed E-state index contributed by atoms with van der Waals surface area (Å²) in [6, 6.07) is 6.25. The van der Waals surface area contributed by atoms with Crippen molar-refractivity contribution in [2.75, 3.05) is 0 Å². The fourth-order valence-electron chi connectivity index (χ4n) is 8.05. The first kappa shape index (κ1) is 23.7. The van der Waals surface area contributed by atoms with Crippen LogP contribution < -0.4 is 4.74 Å². The van der Waals surface area contributed by atoms with Gasteiger partial charge in [0.1, 0.15) is 18.0 Å². The first-order chi connectivity index (χ1) is 16.1. The molecule has 0 saturated heterocycles. The Hall–Kier alpha value is -2.08. The Morgan fingerprint density at radius 2 is 1.79 bits per heavy atom. The van der Waals surface area contributed by atoms with E-state index in [4.69, 9.17) is 21.1 Å². The van der Waals surface area contributed by atoms with Gasteiger partial charge >= 0.3 is 5.97 Å². The van der Waals surface area contributed by atoms with Gasteiger partial charge in [0.25, 0.3) is 5.69 Å². The molecule has 0 N–H and O–H groups in total. The van der Waals surface area contributed by atoms with Crippen molar-refractivity contribution >= 4 is 23.3 Å². The SMILES string of the molecule is CC(=O)OC1CC[C@H]2[C@@H]3CCC4=C(Cl)C(Oc5ccc([N+](=O)[O-])cc5)CC[C@]4(C)[C@H]3CC[C@]12C. The van der Waals surface area contributed by atoms with E-state index in [-0.39, 0.29) is 34.7 Å². The summed E-state index contributed by atoms with van der Waals surface area (Å²) in [6.45, 7) is 6.29. The van der Waals surface area contributed by atoms with Gasteiger partial charge in [-0.1, -0.05) is 25.4 Å². The van der Waals surface area contributed by atoms with Gasteiger partial charge in [-0.3, -0.25) is 14.9 Å². The molecule has 0 aromatic heterocycles. The topological polar surface area (TPSA) is 78.7 Å². The predicted octanol–water partition coefficient (Wildman–Crippen LogP) is 6.80. The lowest BCUT2D eigenvalue weighted by molar-refractivity contribution is -0.384. The van der Waals surface area contributed by atoms with Gasteiger partial charge in [0.05, 0.1) is 9.96 Å². The van der Waals surface area contributed by atoms with E-state index in [0.29, 0.717) is 23.5 Å². The minimum absolute atomic E-state index is 0.0510. The minimum Gasteiger partial charge on any atom is -0.485 e. The molecule has 0 radical (unpaired) electrons. The summed E-state index contributed by atoms with van der Waals surface area (Å²) < 4.78 is 12.0. The van der Waals surface area contributed by atoms with Gasteiger partial charge in [-0.2, -0.15) is 0 Å². The largest absolute Gasteiger partial charge is 0.485 e. The van der Waals surface area contributed by atoms with Crippen molar-refractivity contribution in [2.45, 2.75) is 84.3 Å². The van der Waals surface area contributed by atoms with Gasteiger partial charge in [0, 0.05) is 24.5 Å². The van der Waals surface area contributed by atoms with E-state index in [9.17, 15) is 14.9 Å². The molecule has 0 heterocycles. The zero-order valence-corrected chi connectivity index (χ0v) is 21.0. The van der Waals surface area contributed by atoms with Crippen molar-refractivity contribution in [2.24, 2.45) is 28.6 Å². The quantitative estimate of drug-likeness (QED) is 0.265. The van der Waals surface area contributed by atoms with E-state index in [1.807, 2.05) is 0 Å². The summed E-state index contributed by atoms with van der Waals surface area (Å²) in [5, 5.41) is 11.8. The van der Waals surface area contributed by atoms with E-state index in [1.165, 1.54) is 24.6 Å². The fourth-order valence-corrected chi connectivity index (χ4v) is 8.51. The predicted molar refractivity (Wildman–Crippen MR) is 130 cm³/mol. The molecule has 0 spiro atoms. The van der Waals surface area contributed by atoms with E-state index in [0.717, 1.165) is 56.4 Å². The molecule has 0 aliphatic heterocycles. The van der Waals surface area contributed by atoms with Gasteiger partial charge < -0.3 is 9.47 Å². The average Bonchev–Trinajstić information content (AvgIpc) is 3.12. The van der Waals surface area contributed by atoms with E-state index >= 15 is 0 Å². The third-order valence-electron chi connectivity index (χ3n) is 9.72. The summed E-state index contributed by atoms with van der Waals surface area (Å²) in [7, 11) is 0. The second kappa shape index (κ2) is 8.54. The molecule has 3 fully saturated rings. The lowest BCUT2D eigenvalue weighted by atomic mass is 9.47. The Balaban J connectivity index is 1.35. The van der Waals surface area contributed by atoms with Crippen LogP contribution in [-0.2, 0) is 9.53 Å². The van der Waals surface area contributed by atoms with Crippen LogP contribution in [0.3, 0.4) is 0 Å². The Kier molecular flexibility index (Phi) is 5.94. The van der Waals surface area contributed by atoms with Crippen LogP contribution >= 0.6 is 11.6 Å². The molecule has 1 aromatic carbocycles. The zero-order chi connectivity index (χ0) is 24.3. The number of nitro groups is 1. The fraction of sp³-hybridized carbons (Fsp3) is 0.667. The van der Waals surface area contributed by atoms with Crippen molar-refractivity contribution < 1.29 is 19.2 Å². The Morgan fingerprint density at radius 1 is 1.06 bits per heavy atom. The molecule has 6 nitrogen and oxygen atoms in total. The van der Waals surface area contributed by atoms with Crippen LogP contribution in [0.15, 0.2) is 34.9 Å². The van der Waals surface area contributed by atoms with Gasteiger partial charge in [-0.15, -0.1) is 0 Å². The molecular weight excluding hydrogens is 454 g/mol. The number of benzene rings is 1. The zero-order valence-electron chi connectivity index (χ0n) is 20.2. The van der Waals surface area contributed by atoms with E-state index in [1.54, 1.807) is 12.1 Å². The lowest BCUT2D eigenvalue weighted by Crippen LogP contribution is -2.52. The van der Waals surface area contributed by atoms with Crippen molar-refractivity contribution in [3.05, 3.63) is 45.0 Å². The van der Waals surface area contributed by atoms with Crippen LogP contribution in [0.4, 0.5) is 5.69 Å². The second-order valence-electron chi connectivity index (χ2n) is 11.3. The number of hydrogen-bond acceptors (Lipinski definition) is 5. The van der Waals surface area contributed by atoms with Gasteiger partial charge in [0.15, 0.2) is 0 Å². The van der Waals surface area contributed by atoms with Crippen LogP contribution in [0.1, 0.15) is 72.1 Å². The van der Waals surface area contributed by atoms with Crippen molar-refractivity contribution in [1.82, 2.24) is 0 Å². The summed E-state index contributed by atoms with van der Waals surface area (Å²) in [4.78, 5) is 22.2. The number of fused-ring (bicyclic) bond motifs is 5. The number of allylic oxidation sites excluding steroid dienone is 1. The van der Waals surface area contributed by atoms with Crippen LogP contribution in [0.2, 0.25) is 0 Å². The Labute approximate surface area is 206 Å². The summed E-state index contributed by atoms with van der Waals surface area (Å²) >= 11 is 7.02. The van der Waals surface area contributed by atoms with Gasteiger partial charge in [-0.25, -0.2) is 0 Å². The molecule has 7 heteroatoms. The number of nitrogens with zero attached hydrogens (tertiary/aromatic N) is 1. The Bertz CT molecular complexity index is 1020. The highest BCUT2D eigenvalue weighted by molar-refractivity contribution is 6.30. The van der Waals surface area contributed by atoms with Crippen LogP contribution in [0.25, 0.3) is 0 Å². The summed E-state index contributed by atoms with van der Waals surface area (Å²) in [6.07, 6.45) is 8.22. The van der Waals surface area contributed by atoms with Crippen molar-refractivity contribution in [3.63, 3.8) is 0 Å². The number of rotatable bonds is 4. The highest BCUT2D eigenvalue weighted by Crippen LogP contribution is 2.66. The van der Waals surface area contributed by atoms with Crippen LogP contribution in [0.5, 0.6) is 5.75 Å². The highest BCUT2D eigenvalue weighted by atomic mass is 35.5. The number of esters is 1. The molecule has 3 saturated carbocycles. The third-order valence-corrected chi connectivity index (χ3v) is 10.2. The first-order valence-electron chi connectivity index (χ1n) is 12.6. The molecule has 5 rings (SSSR count). The molecule has 34 heavy (non-hydrogen) atoms. The minimum atomic E-state index is -0.406. The van der Waals surface area contributed by atoms with Crippen molar-refractivity contribution in [1.29, 1.82) is 0 Å². The number of ether oxygens (including phenoxy) is 2. The number of hydrogen-bond donors (Lipinski definition) is 0. The van der Waals surface area contributed by atoms with Crippen LogP contribution in [0, 0.1) is 38.7 Å². The molecule has 1 aromatic rings. The number of carbonyl (C=O) groups is 1. The van der Waals surface area contributed by atoms with Crippen LogP contribution in [-0.4, -0.2) is 23.1 Å². The number of carbonyl (C=O) groups excluding carboxylic acids is 1. The second-order valence-corrected chi connectivity index (χ2v) is 11.7. The Morgan fingerprint density at radius 3 is 2.47 bits per heavy atom. The van der Waals surface area contributed by atoms with E-state index < -0.39 is 4.92 Å². The number of halogens is 1. The summed E-state index contributed by atoms with van der Waals surface area (Å²) in [5.74, 6) is 2.29. The number of non-ortho nitro benzene ring substituents is 1. The first-order valence-corrected chi connectivity index (χ1v) is 13.0. The molecule has 4 aliphatic carbocycles. The van der Waals surface area contributed by atoms with Gasteiger partial charge in [-0.05, 0) is 92.2 Å². The normalized spacial score (nSPS) is 39.0. The molecule has 184 valence electrons. The third kappa shape index (κ3) is 3.73. The summed E-state index contributed by atoms with van der Waals surface area (Å²) in [5.41, 5.74) is 1.57. The maximum atomic E-state index is 11.7. The highest BCUT2D eigenvalue weighted by Gasteiger charge is 2.60. The number of nitro benzene ring substituents is 1. The maximum Gasteiger partial charge on any atom is 0.302 e. The molecule has 0 amide bonds. The van der Waals surface area contributed by atoms with Crippen molar-refractivity contribution in [3.8, 4) is 5.75 Å². The van der Waals surface area contributed by atoms with Gasteiger partial charge in [0.2, 0.25) is 0 Å². The lowest BCUT2D eigenvalue weighted by Gasteiger charge is -2.58. The van der Waals surface area contributed by atoms with E-state index in [2.05, 4.69) is 13.8 Å². The monoisotopic (exact) mass is 487 g/mol. The average molecular weight is 488 g/mol.